The Kier molecular flexibility index (Phi) is 4.18. The molecular weight excluding hydrogens is 282 g/mol. The molecule has 114 valence electrons. The summed E-state index contributed by atoms with van der Waals surface area (Å²) in [5, 5.41) is 2.73. The molecule has 6 heteroatoms. The van der Waals surface area contributed by atoms with E-state index >= 15 is 0 Å². The number of likely N-dealkylation sites (tertiary alicyclic amines) is 1. The predicted octanol–water partition coefficient (Wildman–Crippen LogP) is 1.34. The molecule has 1 saturated heterocycles. The number of hydrogen-bond acceptors (Lipinski definition) is 4. The molecule has 1 aromatic carbocycles. The first-order valence-corrected chi connectivity index (χ1v) is 7.21. The van der Waals surface area contributed by atoms with Gasteiger partial charge in [-0.2, -0.15) is 0 Å². The van der Waals surface area contributed by atoms with Crippen molar-refractivity contribution in [2.24, 2.45) is 5.92 Å². The lowest BCUT2D eigenvalue weighted by atomic mass is 10.1. The fourth-order valence-electron chi connectivity index (χ4n) is 2.57. The van der Waals surface area contributed by atoms with Gasteiger partial charge in [-0.15, -0.1) is 0 Å². The normalized spacial score (nSPS) is 17.7. The Labute approximate surface area is 128 Å². The minimum absolute atomic E-state index is 0.110. The summed E-state index contributed by atoms with van der Waals surface area (Å²) >= 11 is 0. The Hall–Kier alpha value is -2.63. The van der Waals surface area contributed by atoms with Crippen LogP contribution >= 0.6 is 0 Å². The van der Waals surface area contributed by atoms with Crippen molar-refractivity contribution in [1.29, 1.82) is 0 Å². The number of oxazole rings is 1. The summed E-state index contributed by atoms with van der Waals surface area (Å²) in [4.78, 5) is 30.1. The Bertz CT molecular complexity index is 640. The first kappa shape index (κ1) is 14.3. The van der Waals surface area contributed by atoms with Gasteiger partial charge in [-0.1, -0.05) is 30.3 Å². The fourth-order valence-corrected chi connectivity index (χ4v) is 2.57. The number of carbonyl (C=O) groups excluding carboxylic acids is 2. The summed E-state index contributed by atoms with van der Waals surface area (Å²) in [7, 11) is 0. The van der Waals surface area contributed by atoms with Crippen molar-refractivity contribution >= 4 is 11.8 Å². The van der Waals surface area contributed by atoms with Gasteiger partial charge < -0.3 is 14.6 Å². The summed E-state index contributed by atoms with van der Waals surface area (Å²) in [6.45, 7) is 1.43. The van der Waals surface area contributed by atoms with Gasteiger partial charge in [-0.05, 0) is 12.0 Å². The number of nitrogens with one attached hydrogen (secondary N) is 1. The molecule has 1 aromatic heterocycles. The second kappa shape index (κ2) is 6.43. The Morgan fingerprint density at radius 2 is 2.18 bits per heavy atom. The molecule has 0 aliphatic carbocycles. The topological polar surface area (TPSA) is 75.4 Å². The van der Waals surface area contributed by atoms with Crippen LogP contribution in [0.5, 0.6) is 0 Å². The summed E-state index contributed by atoms with van der Waals surface area (Å²) in [5.74, 6) is -0.958. The zero-order valence-electron chi connectivity index (χ0n) is 12.1. The molecule has 0 radical (unpaired) electrons. The maximum absolute atomic E-state index is 12.3. The van der Waals surface area contributed by atoms with Gasteiger partial charge >= 0.3 is 0 Å². The molecule has 1 atom stereocenters. The van der Waals surface area contributed by atoms with Crippen LogP contribution in [0.2, 0.25) is 0 Å². The first-order chi connectivity index (χ1) is 10.7. The third-order valence-corrected chi connectivity index (χ3v) is 3.76. The Balaban J connectivity index is 1.55. The van der Waals surface area contributed by atoms with E-state index in [2.05, 4.69) is 10.3 Å². The maximum atomic E-state index is 12.3. The monoisotopic (exact) mass is 299 g/mol. The third-order valence-electron chi connectivity index (χ3n) is 3.76. The number of nitrogens with zero attached hydrogens (tertiary/aromatic N) is 2. The molecule has 2 heterocycles. The molecular formula is C16H17N3O3. The van der Waals surface area contributed by atoms with E-state index in [9.17, 15) is 9.59 Å². The number of aromatic nitrogens is 1. The quantitative estimate of drug-likeness (QED) is 0.845. The van der Waals surface area contributed by atoms with E-state index in [1.807, 2.05) is 30.3 Å². The van der Waals surface area contributed by atoms with Gasteiger partial charge in [0.1, 0.15) is 12.2 Å². The third kappa shape index (κ3) is 3.16. The van der Waals surface area contributed by atoms with Gasteiger partial charge in [0, 0.05) is 13.1 Å². The van der Waals surface area contributed by atoms with Crippen LogP contribution in [0.3, 0.4) is 0 Å². The van der Waals surface area contributed by atoms with Crippen molar-refractivity contribution in [3.63, 3.8) is 0 Å². The molecule has 0 spiro atoms. The van der Waals surface area contributed by atoms with Gasteiger partial charge in [0.25, 0.3) is 0 Å². The number of hydrogen-bond donors (Lipinski definition) is 1. The highest BCUT2D eigenvalue weighted by Gasteiger charge is 2.36. The second-order valence-electron chi connectivity index (χ2n) is 5.28. The van der Waals surface area contributed by atoms with Crippen molar-refractivity contribution in [3.8, 4) is 0 Å². The smallest absolute Gasteiger partial charge is 0.235 e. The molecule has 1 unspecified atom stereocenters. The number of benzene rings is 1. The SMILES string of the molecule is O=C(NCc1cocn1)C1CCN(Cc2ccccc2)C1=O. The maximum Gasteiger partial charge on any atom is 0.235 e. The Morgan fingerprint density at radius 3 is 2.91 bits per heavy atom. The van der Waals surface area contributed by atoms with Crippen LogP contribution in [0, 0.1) is 5.92 Å². The minimum atomic E-state index is -0.601. The number of amides is 2. The lowest BCUT2D eigenvalue weighted by molar-refractivity contribution is -0.138. The zero-order valence-corrected chi connectivity index (χ0v) is 12.1. The van der Waals surface area contributed by atoms with Gasteiger partial charge in [0.2, 0.25) is 11.8 Å². The van der Waals surface area contributed by atoms with Gasteiger partial charge in [-0.3, -0.25) is 9.59 Å². The van der Waals surface area contributed by atoms with Crippen LogP contribution in [-0.2, 0) is 22.7 Å². The standard InChI is InChI=1S/C16H17N3O3/c20-15(17-8-13-10-22-11-18-13)14-6-7-19(16(14)21)9-12-4-2-1-3-5-12/h1-5,10-11,14H,6-9H2,(H,17,20). The van der Waals surface area contributed by atoms with Crippen molar-refractivity contribution in [1.82, 2.24) is 15.2 Å². The van der Waals surface area contributed by atoms with Crippen molar-refractivity contribution < 1.29 is 14.0 Å². The van der Waals surface area contributed by atoms with Crippen molar-refractivity contribution in [2.75, 3.05) is 6.54 Å². The van der Waals surface area contributed by atoms with Crippen LogP contribution in [0.4, 0.5) is 0 Å². The van der Waals surface area contributed by atoms with Crippen LogP contribution in [0.15, 0.2) is 47.4 Å². The van der Waals surface area contributed by atoms with Gasteiger partial charge in [0.05, 0.1) is 12.2 Å². The van der Waals surface area contributed by atoms with E-state index in [1.165, 1.54) is 12.7 Å². The molecule has 3 rings (SSSR count). The van der Waals surface area contributed by atoms with Crippen LogP contribution < -0.4 is 5.32 Å². The number of rotatable bonds is 5. The van der Waals surface area contributed by atoms with E-state index in [1.54, 1.807) is 4.90 Å². The molecule has 0 bridgehead atoms. The average Bonchev–Trinajstić information content (AvgIpc) is 3.17. The molecule has 2 amide bonds. The van der Waals surface area contributed by atoms with Crippen molar-refractivity contribution in [3.05, 3.63) is 54.2 Å². The van der Waals surface area contributed by atoms with Gasteiger partial charge in [0.15, 0.2) is 6.39 Å². The largest absolute Gasteiger partial charge is 0.451 e. The van der Waals surface area contributed by atoms with E-state index in [0.717, 1.165) is 5.56 Å². The van der Waals surface area contributed by atoms with E-state index in [-0.39, 0.29) is 18.4 Å². The molecule has 1 fully saturated rings. The summed E-state index contributed by atoms with van der Waals surface area (Å²) in [5.41, 5.74) is 1.71. The fraction of sp³-hybridized carbons (Fsp3) is 0.312. The summed E-state index contributed by atoms with van der Waals surface area (Å²) in [6, 6.07) is 9.78. The highest BCUT2D eigenvalue weighted by atomic mass is 16.3. The Morgan fingerprint density at radius 1 is 1.36 bits per heavy atom. The molecule has 1 N–H and O–H groups in total. The highest BCUT2D eigenvalue weighted by Crippen LogP contribution is 2.20. The zero-order chi connectivity index (χ0) is 15.4. The van der Waals surface area contributed by atoms with Gasteiger partial charge in [-0.25, -0.2) is 4.98 Å². The average molecular weight is 299 g/mol. The van der Waals surface area contributed by atoms with Crippen LogP contribution in [0.1, 0.15) is 17.7 Å². The van der Waals surface area contributed by atoms with Crippen LogP contribution in [-0.4, -0.2) is 28.2 Å². The first-order valence-electron chi connectivity index (χ1n) is 7.21. The molecule has 22 heavy (non-hydrogen) atoms. The molecule has 6 nitrogen and oxygen atoms in total. The predicted molar refractivity (Wildman–Crippen MR) is 78.3 cm³/mol. The minimum Gasteiger partial charge on any atom is -0.451 e. The molecule has 1 aliphatic rings. The lowest BCUT2D eigenvalue weighted by Gasteiger charge is -2.16. The summed E-state index contributed by atoms with van der Waals surface area (Å²) < 4.78 is 4.84. The lowest BCUT2D eigenvalue weighted by Crippen LogP contribution is -2.36. The van der Waals surface area contributed by atoms with Crippen LogP contribution in [0.25, 0.3) is 0 Å². The summed E-state index contributed by atoms with van der Waals surface area (Å²) in [6.07, 6.45) is 3.33. The highest BCUT2D eigenvalue weighted by molar-refractivity contribution is 6.01. The van der Waals surface area contributed by atoms with E-state index in [4.69, 9.17) is 4.42 Å². The van der Waals surface area contributed by atoms with Crippen molar-refractivity contribution in [2.45, 2.75) is 19.5 Å². The molecule has 2 aromatic rings. The number of carbonyl (C=O) groups is 2. The van der Waals surface area contributed by atoms with E-state index < -0.39 is 5.92 Å². The molecule has 0 saturated carbocycles. The second-order valence-corrected chi connectivity index (χ2v) is 5.28. The van der Waals surface area contributed by atoms with E-state index in [0.29, 0.717) is 25.2 Å². The molecule has 1 aliphatic heterocycles.